The first kappa shape index (κ1) is 26.8. The van der Waals surface area contributed by atoms with Crippen LogP contribution in [0.1, 0.15) is 39.8 Å². The number of likely N-dealkylation sites (tertiary alicyclic amines) is 1. The lowest BCUT2D eigenvalue weighted by atomic mass is 10.0. The van der Waals surface area contributed by atoms with Gasteiger partial charge in [0.1, 0.15) is 29.1 Å². The molecule has 6 aromatic rings. The standard InChI is InChI=1S/C32H28N6O4S/c1-20-36-38-18-24(33-32(38)43-20)30-35-28-25(15-8-16-26(28)42-30)41-19-23-14-9-17-37(23)31(40)27(21-10-4-2-5-11-21)34-29(39)22-12-6-3-7-13-22/h2-8,10-13,15-16,18,23,27H,9,14,17,19H2,1H3,(H,34,39)/t23-,27+/m0/s1. The Hall–Kier alpha value is -5.03. The second-order valence-corrected chi connectivity index (χ2v) is 11.6. The molecule has 11 heteroatoms. The monoisotopic (exact) mass is 592 g/mol. The molecule has 2 atom stereocenters. The van der Waals surface area contributed by atoms with Crippen molar-refractivity contribution >= 4 is 39.2 Å². The maximum Gasteiger partial charge on any atom is 0.252 e. The Morgan fingerprint density at radius 3 is 2.63 bits per heavy atom. The van der Waals surface area contributed by atoms with E-state index in [9.17, 15) is 9.59 Å². The number of amides is 2. The number of benzene rings is 3. The predicted octanol–water partition coefficient (Wildman–Crippen LogP) is 5.45. The van der Waals surface area contributed by atoms with Gasteiger partial charge >= 0.3 is 0 Å². The summed E-state index contributed by atoms with van der Waals surface area (Å²) in [5.74, 6) is 0.497. The molecule has 3 aromatic carbocycles. The van der Waals surface area contributed by atoms with E-state index in [1.54, 1.807) is 35.0 Å². The van der Waals surface area contributed by atoms with Crippen molar-refractivity contribution in [2.45, 2.75) is 31.8 Å². The first-order valence-electron chi connectivity index (χ1n) is 14.1. The molecule has 7 rings (SSSR count). The lowest BCUT2D eigenvalue weighted by Crippen LogP contribution is -2.46. The molecule has 2 amide bonds. The van der Waals surface area contributed by atoms with Gasteiger partial charge in [-0.05, 0) is 49.6 Å². The molecule has 4 heterocycles. The normalized spacial score (nSPS) is 15.7. The summed E-state index contributed by atoms with van der Waals surface area (Å²) >= 11 is 1.50. The molecule has 1 saturated heterocycles. The highest BCUT2D eigenvalue weighted by Crippen LogP contribution is 2.32. The number of carbonyl (C=O) groups is 2. The Kier molecular flexibility index (Phi) is 7.07. The molecule has 3 aromatic heterocycles. The van der Waals surface area contributed by atoms with Gasteiger partial charge < -0.3 is 19.4 Å². The van der Waals surface area contributed by atoms with E-state index >= 15 is 0 Å². The van der Waals surface area contributed by atoms with Gasteiger partial charge in [0.2, 0.25) is 16.8 Å². The Bertz CT molecular complexity index is 1880. The topological polar surface area (TPSA) is 115 Å². The highest BCUT2D eigenvalue weighted by molar-refractivity contribution is 7.16. The van der Waals surface area contributed by atoms with Crippen LogP contribution in [0.5, 0.6) is 5.75 Å². The second kappa shape index (κ2) is 11.3. The quantitative estimate of drug-likeness (QED) is 0.250. The number of hydrogen-bond acceptors (Lipinski definition) is 8. The van der Waals surface area contributed by atoms with Gasteiger partial charge in [0.25, 0.3) is 5.91 Å². The van der Waals surface area contributed by atoms with Crippen molar-refractivity contribution in [2.75, 3.05) is 13.2 Å². The van der Waals surface area contributed by atoms with Crippen molar-refractivity contribution in [3.8, 4) is 17.3 Å². The summed E-state index contributed by atoms with van der Waals surface area (Å²) in [5, 5.41) is 8.31. The van der Waals surface area contributed by atoms with Gasteiger partial charge in [0.15, 0.2) is 11.1 Å². The molecular formula is C32H28N6O4S. The Morgan fingerprint density at radius 2 is 1.84 bits per heavy atom. The van der Waals surface area contributed by atoms with Gasteiger partial charge in [-0.25, -0.2) is 14.5 Å². The van der Waals surface area contributed by atoms with E-state index in [1.807, 2.05) is 66.4 Å². The predicted molar refractivity (Wildman–Crippen MR) is 162 cm³/mol. The summed E-state index contributed by atoms with van der Waals surface area (Å²) in [6.07, 6.45) is 3.43. The van der Waals surface area contributed by atoms with Crippen molar-refractivity contribution in [1.82, 2.24) is 29.8 Å². The number of oxazole rings is 1. The van der Waals surface area contributed by atoms with Crippen LogP contribution >= 0.6 is 11.3 Å². The minimum Gasteiger partial charge on any atom is -0.489 e. The van der Waals surface area contributed by atoms with Crippen LogP contribution in [-0.2, 0) is 4.79 Å². The SMILES string of the molecule is Cc1nn2cc(-c3nc4c(OC[C@@H]5CCCN5C(=O)[C@H](NC(=O)c5ccccc5)c5ccccc5)cccc4o3)nc2s1. The third kappa shape index (κ3) is 5.35. The molecule has 0 aliphatic carbocycles. The van der Waals surface area contributed by atoms with Crippen molar-refractivity contribution in [1.29, 1.82) is 0 Å². The van der Waals surface area contributed by atoms with Crippen molar-refractivity contribution in [3.05, 3.63) is 101 Å². The van der Waals surface area contributed by atoms with Crippen molar-refractivity contribution in [2.24, 2.45) is 0 Å². The molecule has 1 aliphatic rings. The summed E-state index contributed by atoms with van der Waals surface area (Å²) in [6, 6.07) is 22.8. The Balaban J connectivity index is 1.10. The fraction of sp³-hybridized carbons (Fsp3) is 0.219. The van der Waals surface area contributed by atoms with E-state index in [2.05, 4.69) is 15.4 Å². The zero-order chi connectivity index (χ0) is 29.3. The van der Waals surface area contributed by atoms with E-state index in [0.29, 0.717) is 40.5 Å². The summed E-state index contributed by atoms with van der Waals surface area (Å²) < 4.78 is 14.0. The lowest BCUT2D eigenvalue weighted by molar-refractivity contribution is -0.134. The minimum absolute atomic E-state index is 0.160. The molecule has 216 valence electrons. The number of carbonyl (C=O) groups excluding carboxylic acids is 2. The number of ether oxygens (including phenoxy) is 1. The fourth-order valence-electron chi connectivity index (χ4n) is 5.44. The van der Waals surface area contributed by atoms with Gasteiger partial charge in [0, 0.05) is 12.1 Å². The molecule has 0 radical (unpaired) electrons. The molecule has 1 aliphatic heterocycles. The average molecular weight is 593 g/mol. The van der Waals surface area contributed by atoms with Gasteiger partial charge in [-0.1, -0.05) is 65.9 Å². The molecule has 0 bridgehead atoms. The number of rotatable bonds is 8. The molecule has 1 fully saturated rings. The number of aromatic nitrogens is 4. The number of imidazole rings is 1. The Morgan fingerprint density at radius 1 is 1.05 bits per heavy atom. The van der Waals surface area contributed by atoms with E-state index in [4.69, 9.17) is 14.1 Å². The van der Waals surface area contributed by atoms with Gasteiger partial charge in [-0.3, -0.25) is 9.59 Å². The second-order valence-electron chi connectivity index (χ2n) is 10.4. The first-order valence-corrected chi connectivity index (χ1v) is 14.9. The number of aryl methyl sites for hydroxylation is 1. The fourth-order valence-corrected chi connectivity index (χ4v) is 6.16. The molecule has 1 N–H and O–H groups in total. The van der Waals surface area contributed by atoms with Crippen molar-refractivity contribution in [3.63, 3.8) is 0 Å². The molecule has 0 unspecified atom stereocenters. The van der Waals surface area contributed by atoms with Crippen LogP contribution in [0.2, 0.25) is 0 Å². The van der Waals surface area contributed by atoms with E-state index < -0.39 is 6.04 Å². The van der Waals surface area contributed by atoms with E-state index in [1.165, 1.54) is 11.3 Å². The van der Waals surface area contributed by atoms with Crippen LogP contribution in [-0.4, -0.2) is 55.5 Å². The van der Waals surface area contributed by atoms with Crippen LogP contribution in [0, 0.1) is 6.92 Å². The van der Waals surface area contributed by atoms with Crippen LogP contribution in [0.4, 0.5) is 0 Å². The molecular weight excluding hydrogens is 564 g/mol. The number of nitrogens with zero attached hydrogens (tertiary/aromatic N) is 5. The van der Waals surface area contributed by atoms with Gasteiger partial charge in [-0.2, -0.15) is 5.10 Å². The lowest BCUT2D eigenvalue weighted by Gasteiger charge is -2.29. The number of para-hydroxylation sites is 1. The molecule has 43 heavy (non-hydrogen) atoms. The zero-order valence-electron chi connectivity index (χ0n) is 23.3. The van der Waals surface area contributed by atoms with Crippen LogP contribution in [0.3, 0.4) is 0 Å². The average Bonchev–Trinajstić information content (AvgIpc) is 3.82. The molecule has 10 nitrogen and oxygen atoms in total. The van der Waals surface area contributed by atoms with Gasteiger partial charge in [-0.15, -0.1) is 0 Å². The zero-order valence-corrected chi connectivity index (χ0v) is 24.2. The maximum atomic E-state index is 14.0. The summed E-state index contributed by atoms with van der Waals surface area (Å²) in [6.45, 7) is 2.80. The highest BCUT2D eigenvalue weighted by atomic mass is 32.1. The molecule has 0 spiro atoms. The number of nitrogens with one attached hydrogen (secondary N) is 1. The van der Waals surface area contributed by atoms with E-state index in [-0.39, 0.29) is 24.5 Å². The summed E-state index contributed by atoms with van der Waals surface area (Å²) in [5.41, 5.74) is 3.00. The largest absolute Gasteiger partial charge is 0.489 e. The summed E-state index contributed by atoms with van der Waals surface area (Å²) in [7, 11) is 0. The Labute approximate surface area is 250 Å². The minimum atomic E-state index is -0.820. The first-order chi connectivity index (χ1) is 21.0. The third-order valence-corrected chi connectivity index (χ3v) is 8.37. The van der Waals surface area contributed by atoms with Crippen molar-refractivity contribution < 1.29 is 18.7 Å². The van der Waals surface area contributed by atoms with E-state index in [0.717, 1.165) is 28.4 Å². The van der Waals surface area contributed by atoms with Gasteiger partial charge in [0.05, 0.1) is 12.2 Å². The third-order valence-electron chi connectivity index (χ3n) is 7.53. The van der Waals surface area contributed by atoms with Crippen LogP contribution in [0.25, 0.3) is 27.6 Å². The van der Waals surface area contributed by atoms with Crippen LogP contribution in [0.15, 0.2) is 89.5 Å². The number of fused-ring (bicyclic) bond motifs is 2. The number of hydrogen-bond donors (Lipinski definition) is 1. The highest BCUT2D eigenvalue weighted by Gasteiger charge is 2.35. The molecule has 0 saturated carbocycles. The summed E-state index contributed by atoms with van der Waals surface area (Å²) in [4.78, 5) is 39.0. The maximum absolute atomic E-state index is 14.0. The smallest absolute Gasteiger partial charge is 0.252 e. The van der Waals surface area contributed by atoms with Crippen LogP contribution < -0.4 is 10.1 Å².